The summed E-state index contributed by atoms with van der Waals surface area (Å²) in [7, 11) is 1.28. The van der Waals surface area contributed by atoms with Gasteiger partial charge in [-0.15, -0.1) is 23.1 Å². The minimum atomic E-state index is -1.18. The van der Waals surface area contributed by atoms with E-state index < -0.39 is 29.2 Å². The van der Waals surface area contributed by atoms with Crippen LogP contribution in [-0.2, 0) is 19.2 Å². The summed E-state index contributed by atoms with van der Waals surface area (Å²) in [5, 5.41) is 16.7. The molecule has 2 aliphatic rings. The zero-order chi connectivity index (χ0) is 18.1. The zero-order valence-electron chi connectivity index (χ0n) is 12.8. The summed E-state index contributed by atoms with van der Waals surface area (Å²) >= 11 is 2.49. The molecule has 1 fully saturated rings. The largest absolute Gasteiger partial charge is 0.477 e. The predicted octanol–water partition coefficient (Wildman–Crippen LogP) is -0.556. The standard InChI is InChI=1S/C13H13N5O5S2/c1-23-17-7(5-4-25-13(14)15-5)9(19)16-8-10(20)18-6(12(21)22)2-3-24-11(8)18/h2,4,8,11H,3H2,1H3,(H2,14,15)(H,16,19)(H,21,22)/t8-,11?/m1/s1. The number of thiazole rings is 1. The molecule has 2 aliphatic heterocycles. The van der Waals surface area contributed by atoms with Crippen molar-refractivity contribution in [3.8, 4) is 0 Å². The van der Waals surface area contributed by atoms with Crippen LogP contribution in [0.25, 0.3) is 0 Å². The highest BCUT2D eigenvalue weighted by molar-refractivity contribution is 8.00. The molecule has 132 valence electrons. The summed E-state index contributed by atoms with van der Waals surface area (Å²) in [6, 6.07) is -0.849. The van der Waals surface area contributed by atoms with Crippen LogP contribution in [0.4, 0.5) is 5.13 Å². The Kier molecular flexibility index (Phi) is 4.63. The Hall–Kier alpha value is -2.60. The van der Waals surface area contributed by atoms with E-state index in [1.165, 1.54) is 24.9 Å². The van der Waals surface area contributed by atoms with Gasteiger partial charge in [0, 0.05) is 11.1 Å². The van der Waals surface area contributed by atoms with Gasteiger partial charge in [-0.1, -0.05) is 5.16 Å². The van der Waals surface area contributed by atoms with E-state index in [4.69, 9.17) is 10.8 Å². The maximum atomic E-state index is 12.5. The molecule has 0 radical (unpaired) electrons. The number of amides is 2. The first-order valence-corrected chi connectivity index (χ1v) is 8.88. The monoisotopic (exact) mass is 383 g/mol. The summed E-state index contributed by atoms with van der Waals surface area (Å²) in [6.45, 7) is 0. The molecule has 1 saturated heterocycles. The van der Waals surface area contributed by atoms with Crippen LogP contribution < -0.4 is 11.1 Å². The molecule has 25 heavy (non-hydrogen) atoms. The number of β-lactam (4-membered cyclic amide) rings is 1. The molecule has 3 rings (SSSR count). The number of fused-ring (bicyclic) bond motifs is 1. The molecule has 12 heteroatoms. The fourth-order valence-electron chi connectivity index (χ4n) is 2.44. The van der Waals surface area contributed by atoms with E-state index in [9.17, 15) is 14.4 Å². The van der Waals surface area contributed by atoms with Crippen LogP contribution in [0, 0.1) is 0 Å². The van der Waals surface area contributed by atoms with Crippen molar-refractivity contribution < 1.29 is 24.3 Å². The number of nitrogen functional groups attached to an aromatic ring is 1. The number of nitrogens with zero attached hydrogens (tertiary/aromatic N) is 3. The van der Waals surface area contributed by atoms with Gasteiger partial charge in [-0.2, -0.15) is 0 Å². The fourth-order valence-corrected chi connectivity index (χ4v) is 4.18. The third-order valence-electron chi connectivity index (χ3n) is 3.51. The number of aliphatic carboxylic acids is 1. The first-order chi connectivity index (χ1) is 11.9. The number of carboxylic acid groups (broad SMARTS) is 1. The quantitative estimate of drug-likeness (QED) is 0.348. The molecule has 4 N–H and O–H groups in total. The molecule has 1 unspecified atom stereocenters. The number of carbonyl (C=O) groups is 3. The topological polar surface area (TPSA) is 147 Å². The third-order valence-corrected chi connectivity index (χ3v) is 5.37. The van der Waals surface area contributed by atoms with Crippen molar-refractivity contribution in [2.24, 2.45) is 5.16 Å². The Labute approximate surface area is 149 Å². The highest BCUT2D eigenvalue weighted by Crippen LogP contribution is 2.37. The summed E-state index contributed by atoms with van der Waals surface area (Å²) in [5.74, 6) is -1.89. The van der Waals surface area contributed by atoms with Crippen molar-refractivity contribution in [3.05, 3.63) is 22.8 Å². The highest BCUT2D eigenvalue weighted by atomic mass is 32.2. The van der Waals surface area contributed by atoms with E-state index in [1.807, 2.05) is 0 Å². The number of hydrogen-bond acceptors (Lipinski definition) is 9. The number of thioether (sulfide) groups is 1. The Morgan fingerprint density at radius 2 is 2.32 bits per heavy atom. The summed E-state index contributed by atoms with van der Waals surface area (Å²) in [6.07, 6.45) is 1.47. The molecule has 2 atom stereocenters. The second-order valence-corrected chi connectivity index (χ2v) is 7.01. The lowest BCUT2D eigenvalue weighted by Gasteiger charge is -2.48. The van der Waals surface area contributed by atoms with Crippen molar-refractivity contribution >= 4 is 51.7 Å². The van der Waals surface area contributed by atoms with E-state index in [-0.39, 0.29) is 22.2 Å². The van der Waals surface area contributed by atoms with Crippen molar-refractivity contribution in [1.82, 2.24) is 15.2 Å². The molecular formula is C13H13N5O5S2. The number of nitrogens with one attached hydrogen (secondary N) is 1. The SMILES string of the molecule is CON=C(C(=O)N[C@@H]1C(=O)N2C(C(=O)O)=CCSC12)c1csc(N)n1. The zero-order valence-corrected chi connectivity index (χ0v) is 14.5. The van der Waals surface area contributed by atoms with Gasteiger partial charge in [-0.3, -0.25) is 14.5 Å². The fraction of sp³-hybridized carbons (Fsp3) is 0.308. The predicted molar refractivity (Wildman–Crippen MR) is 90.8 cm³/mol. The Balaban J connectivity index is 1.75. The third kappa shape index (κ3) is 3.05. The number of carbonyl (C=O) groups excluding carboxylic acids is 2. The van der Waals surface area contributed by atoms with Gasteiger partial charge in [0.05, 0.1) is 0 Å². The number of anilines is 1. The first-order valence-electron chi connectivity index (χ1n) is 6.95. The molecule has 3 heterocycles. The lowest BCUT2D eigenvalue weighted by molar-refractivity contribution is -0.150. The van der Waals surface area contributed by atoms with Crippen LogP contribution in [0.2, 0.25) is 0 Å². The molecule has 0 aliphatic carbocycles. The lowest BCUT2D eigenvalue weighted by atomic mass is 10.0. The number of aromatic nitrogens is 1. The van der Waals surface area contributed by atoms with Crippen LogP contribution in [0.3, 0.4) is 0 Å². The Bertz CT molecular complexity index is 804. The van der Waals surface area contributed by atoms with Crippen molar-refractivity contribution in [2.45, 2.75) is 11.4 Å². The van der Waals surface area contributed by atoms with Gasteiger partial charge in [0.15, 0.2) is 10.8 Å². The second-order valence-electron chi connectivity index (χ2n) is 4.97. The van der Waals surface area contributed by atoms with Gasteiger partial charge in [0.25, 0.3) is 11.8 Å². The van der Waals surface area contributed by atoms with Crippen molar-refractivity contribution in [3.63, 3.8) is 0 Å². The molecule has 2 amide bonds. The number of rotatable bonds is 5. The minimum Gasteiger partial charge on any atom is -0.477 e. The van der Waals surface area contributed by atoms with Gasteiger partial charge in [-0.25, -0.2) is 9.78 Å². The average molecular weight is 383 g/mol. The van der Waals surface area contributed by atoms with Crippen LogP contribution in [0.5, 0.6) is 0 Å². The molecule has 1 aromatic rings. The average Bonchev–Trinajstić information content (AvgIpc) is 3.02. The maximum absolute atomic E-state index is 12.5. The van der Waals surface area contributed by atoms with E-state index in [1.54, 1.807) is 5.38 Å². The molecule has 0 spiro atoms. The molecule has 0 saturated carbocycles. The first kappa shape index (κ1) is 17.2. The second kappa shape index (κ2) is 6.72. The van der Waals surface area contributed by atoms with Gasteiger partial charge >= 0.3 is 5.97 Å². The Morgan fingerprint density at radius 1 is 1.56 bits per heavy atom. The molecule has 1 aromatic heterocycles. The van der Waals surface area contributed by atoms with Crippen LogP contribution in [0.1, 0.15) is 5.69 Å². The summed E-state index contributed by atoms with van der Waals surface area (Å²) in [4.78, 5) is 45.7. The number of nitrogens with two attached hydrogens (primary N) is 1. The summed E-state index contributed by atoms with van der Waals surface area (Å²) < 4.78 is 0. The molecule has 0 bridgehead atoms. The normalized spacial score (nSPS) is 22.6. The van der Waals surface area contributed by atoms with Crippen molar-refractivity contribution in [1.29, 1.82) is 0 Å². The van der Waals surface area contributed by atoms with E-state index in [0.717, 1.165) is 16.2 Å². The number of carboxylic acids is 1. The minimum absolute atomic E-state index is 0.0719. The van der Waals surface area contributed by atoms with Crippen LogP contribution in [0.15, 0.2) is 22.3 Å². The Morgan fingerprint density at radius 3 is 2.92 bits per heavy atom. The molecule has 0 aromatic carbocycles. The molecular weight excluding hydrogens is 370 g/mol. The van der Waals surface area contributed by atoms with Gasteiger partial charge in [0.1, 0.15) is 29.9 Å². The maximum Gasteiger partial charge on any atom is 0.352 e. The van der Waals surface area contributed by atoms with Gasteiger partial charge < -0.3 is 21.0 Å². The number of oxime groups is 1. The van der Waals surface area contributed by atoms with E-state index in [0.29, 0.717) is 5.75 Å². The van der Waals surface area contributed by atoms with Gasteiger partial charge in [-0.05, 0) is 6.08 Å². The smallest absolute Gasteiger partial charge is 0.352 e. The van der Waals surface area contributed by atoms with E-state index >= 15 is 0 Å². The van der Waals surface area contributed by atoms with Crippen LogP contribution >= 0.6 is 23.1 Å². The van der Waals surface area contributed by atoms with Crippen molar-refractivity contribution in [2.75, 3.05) is 18.6 Å². The highest BCUT2D eigenvalue weighted by Gasteiger charge is 2.53. The summed E-state index contributed by atoms with van der Waals surface area (Å²) in [5.41, 5.74) is 5.60. The lowest BCUT2D eigenvalue weighted by Crippen LogP contribution is -2.70. The van der Waals surface area contributed by atoms with Gasteiger partial charge in [0.2, 0.25) is 0 Å². The van der Waals surface area contributed by atoms with E-state index in [2.05, 4.69) is 20.3 Å². The van der Waals surface area contributed by atoms with Crippen LogP contribution in [-0.4, -0.2) is 62.8 Å². The molecule has 10 nitrogen and oxygen atoms in total. The number of hydrogen-bond donors (Lipinski definition) is 3.